The zero-order valence-electron chi connectivity index (χ0n) is 12.1. The summed E-state index contributed by atoms with van der Waals surface area (Å²) in [5.74, 6) is -0.0170. The minimum atomic E-state index is -0.0955. The van der Waals surface area contributed by atoms with Crippen LogP contribution < -0.4 is 16.0 Å². The molecule has 2 amide bonds. The van der Waals surface area contributed by atoms with Gasteiger partial charge in [0.15, 0.2) is 0 Å². The third kappa shape index (κ3) is 5.02. The van der Waals surface area contributed by atoms with E-state index in [1.165, 1.54) is 0 Å². The zero-order chi connectivity index (χ0) is 14.4. The third-order valence-corrected chi connectivity index (χ3v) is 3.42. The number of anilines is 1. The Labute approximate surface area is 131 Å². The number of carbonyl (C=O) groups is 2. The van der Waals surface area contributed by atoms with Crippen LogP contribution in [0.4, 0.5) is 5.69 Å². The topological polar surface area (TPSA) is 70.2 Å². The molecule has 0 bridgehead atoms. The molecule has 2 rings (SSSR count). The fourth-order valence-electron chi connectivity index (χ4n) is 2.29. The van der Waals surface area contributed by atoms with Crippen molar-refractivity contribution in [3.8, 4) is 0 Å². The molecule has 1 aliphatic rings. The first-order chi connectivity index (χ1) is 9.70. The average molecular weight is 312 g/mol. The molecule has 1 heterocycles. The second-order valence-electron chi connectivity index (χ2n) is 4.97. The number of hydrogen-bond acceptors (Lipinski definition) is 3. The Kier molecular flexibility index (Phi) is 7.19. The first kappa shape index (κ1) is 17.5. The van der Waals surface area contributed by atoms with Crippen LogP contribution in [-0.4, -0.2) is 31.4 Å². The van der Waals surface area contributed by atoms with Crippen LogP contribution in [0.5, 0.6) is 0 Å². The summed E-state index contributed by atoms with van der Waals surface area (Å²) in [5, 5.41) is 8.86. The lowest BCUT2D eigenvalue weighted by molar-refractivity contribution is -0.120. The summed E-state index contributed by atoms with van der Waals surface area (Å²) in [5.41, 5.74) is 1.33. The van der Waals surface area contributed by atoms with E-state index in [1.807, 2.05) is 6.92 Å². The lowest BCUT2D eigenvalue weighted by Crippen LogP contribution is -2.37. The predicted octanol–water partition coefficient (Wildman–Crippen LogP) is 1.80. The quantitative estimate of drug-likeness (QED) is 0.794. The van der Waals surface area contributed by atoms with Crippen LogP contribution >= 0.6 is 12.4 Å². The molecule has 0 radical (unpaired) electrons. The largest absolute Gasteiger partial charge is 0.352 e. The van der Waals surface area contributed by atoms with E-state index >= 15 is 0 Å². The molecule has 6 heteroatoms. The van der Waals surface area contributed by atoms with E-state index in [-0.39, 0.29) is 30.1 Å². The SMILES string of the molecule is CCNC(=O)c1ccc(NC(=O)[C@@H]2CCCNC2)cc1.Cl. The van der Waals surface area contributed by atoms with Crippen LogP contribution in [0.1, 0.15) is 30.1 Å². The van der Waals surface area contributed by atoms with Crippen molar-refractivity contribution in [2.24, 2.45) is 5.92 Å². The maximum absolute atomic E-state index is 12.1. The van der Waals surface area contributed by atoms with Crippen molar-refractivity contribution in [1.82, 2.24) is 10.6 Å². The molecule has 1 fully saturated rings. The maximum Gasteiger partial charge on any atom is 0.251 e. The van der Waals surface area contributed by atoms with Crippen molar-refractivity contribution in [3.63, 3.8) is 0 Å². The summed E-state index contributed by atoms with van der Waals surface area (Å²) in [6, 6.07) is 6.97. The summed E-state index contributed by atoms with van der Waals surface area (Å²) in [6.45, 7) is 4.21. The fraction of sp³-hybridized carbons (Fsp3) is 0.467. The molecule has 1 saturated heterocycles. The Balaban J connectivity index is 0.00000220. The Bertz CT molecular complexity index is 470. The zero-order valence-corrected chi connectivity index (χ0v) is 13.0. The van der Waals surface area contributed by atoms with Crippen LogP contribution in [0.15, 0.2) is 24.3 Å². The Morgan fingerprint density at radius 3 is 2.57 bits per heavy atom. The van der Waals surface area contributed by atoms with Crippen molar-refractivity contribution in [1.29, 1.82) is 0 Å². The molecule has 1 aromatic carbocycles. The number of piperidine rings is 1. The molecular formula is C15H22ClN3O2. The fourth-order valence-corrected chi connectivity index (χ4v) is 2.29. The smallest absolute Gasteiger partial charge is 0.251 e. The first-order valence-corrected chi connectivity index (χ1v) is 7.10. The number of rotatable bonds is 4. The number of benzene rings is 1. The van der Waals surface area contributed by atoms with Crippen molar-refractivity contribution < 1.29 is 9.59 Å². The van der Waals surface area contributed by atoms with Crippen molar-refractivity contribution in [2.75, 3.05) is 25.0 Å². The molecule has 3 N–H and O–H groups in total. The van der Waals surface area contributed by atoms with E-state index in [2.05, 4.69) is 16.0 Å². The number of amides is 2. The number of nitrogens with one attached hydrogen (secondary N) is 3. The van der Waals surface area contributed by atoms with Crippen LogP contribution in [-0.2, 0) is 4.79 Å². The van der Waals surface area contributed by atoms with Crippen LogP contribution in [0.3, 0.4) is 0 Å². The molecule has 21 heavy (non-hydrogen) atoms. The molecule has 0 saturated carbocycles. The summed E-state index contributed by atoms with van der Waals surface area (Å²) in [7, 11) is 0. The van der Waals surface area contributed by atoms with Gasteiger partial charge in [-0.3, -0.25) is 9.59 Å². The van der Waals surface area contributed by atoms with Gasteiger partial charge in [-0.1, -0.05) is 0 Å². The van der Waals surface area contributed by atoms with E-state index in [1.54, 1.807) is 24.3 Å². The number of carbonyl (C=O) groups excluding carboxylic acids is 2. The van der Waals surface area contributed by atoms with E-state index < -0.39 is 0 Å². The Morgan fingerprint density at radius 2 is 2.00 bits per heavy atom. The normalized spacial score (nSPS) is 17.5. The molecule has 5 nitrogen and oxygen atoms in total. The van der Waals surface area contributed by atoms with Gasteiger partial charge in [-0.15, -0.1) is 12.4 Å². The molecule has 1 aromatic rings. The van der Waals surface area contributed by atoms with E-state index in [0.717, 1.165) is 31.6 Å². The summed E-state index contributed by atoms with van der Waals surface area (Å²) < 4.78 is 0. The van der Waals surface area contributed by atoms with Gasteiger partial charge in [0.05, 0.1) is 5.92 Å². The lowest BCUT2D eigenvalue weighted by Gasteiger charge is -2.21. The Morgan fingerprint density at radius 1 is 1.29 bits per heavy atom. The average Bonchev–Trinajstić information content (AvgIpc) is 2.49. The van der Waals surface area contributed by atoms with Crippen molar-refractivity contribution >= 4 is 29.9 Å². The van der Waals surface area contributed by atoms with E-state index in [0.29, 0.717) is 12.1 Å². The van der Waals surface area contributed by atoms with Gasteiger partial charge in [0, 0.05) is 24.3 Å². The molecular weight excluding hydrogens is 290 g/mol. The van der Waals surface area contributed by atoms with Crippen molar-refractivity contribution in [2.45, 2.75) is 19.8 Å². The summed E-state index contributed by atoms with van der Waals surface area (Å²) in [4.78, 5) is 23.7. The molecule has 0 aliphatic carbocycles. The number of halogens is 1. The lowest BCUT2D eigenvalue weighted by atomic mass is 9.99. The second kappa shape index (κ2) is 8.64. The minimum absolute atomic E-state index is 0. The van der Waals surface area contributed by atoms with Crippen LogP contribution in [0.25, 0.3) is 0 Å². The molecule has 0 unspecified atom stereocenters. The highest BCUT2D eigenvalue weighted by atomic mass is 35.5. The van der Waals surface area contributed by atoms with Gasteiger partial charge in [-0.25, -0.2) is 0 Å². The maximum atomic E-state index is 12.1. The molecule has 0 spiro atoms. The third-order valence-electron chi connectivity index (χ3n) is 3.42. The van der Waals surface area contributed by atoms with Crippen LogP contribution in [0.2, 0.25) is 0 Å². The molecule has 0 aromatic heterocycles. The first-order valence-electron chi connectivity index (χ1n) is 7.10. The van der Waals surface area contributed by atoms with Crippen LogP contribution in [0, 0.1) is 5.92 Å². The molecule has 1 atom stereocenters. The van der Waals surface area contributed by atoms with Gasteiger partial charge in [-0.2, -0.15) is 0 Å². The van der Waals surface area contributed by atoms with Gasteiger partial charge in [0.25, 0.3) is 5.91 Å². The second-order valence-corrected chi connectivity index (χ2v) is 4.97. The highest BCUT2D eigenvalue weighted by molar-refractivity contribution is 5.96. The van der Waals surface area contributed by atoms with E-state index in [4.69, 9.17) is 0 Å². The van der Waals surface area contributed by atoms with Gasteiger partial charge in [0.2, 0.25) is 5.91 Å². The number of hydrogen-bond donors (Lipinski definition) is 3. The van der Waals surface area contributed by atoms with Gasteiger partial charge < -0.3 is 16.0 Å². The minimum Gasteiger partial charge on any atom is -0.352 e. The highest BCUT2D eigenvalue weighted by Crippen LogP contribution is 2.15. The van der Waals surface area contributed by atoms with Gasteiger partial charge in [0.1, 0.15) is 0 Å². The van der Waals surface area contributed by atoms with Gasteiger partial charge in [-0.05, 0) is 50.6 Å². The van der Waals surface area contributed by atoms with Gasteiger partial charge >= 0.3 is 0 Å². The molecule has 1 aliphatic heterocycles. The molecule has 116 valence electrons. The monoisotopic (exact) mass is 311 g/mol. The summed E-state index contributed by atoms with van der Waals surface area (Å²) >= 11 is 0. The van der Waals surface area contributed by atoms with E-state index in [9.17, 15) is 9.59 Å². The standard InChI is InChI=1S/C15H21N3O2.ClH/c1-2-17-14(19)11-5-7-13(8-6-11)18-15(20)12-4-3-9-16-10-12;/h5-8,12,16H,2-4,9-10H2,1H3,(H,17,19)(H,18,20);1H/t12-;/m1./s1. The highest BCUT2D eigenvalue weighted by Gasteiger charge is 2.20. The van der Waals surface area contributed by atoms with Crippen molar-refractivity contribution in [3.05, 3.63) is 29.8 Å². The predicted molar refractivity (Wildman–Crippen MR) is 85.9 cm³/mol. The Hall–Kier alpha value is -1.59. The summed E-state index contributed by atoms with van der Waals surface area (Å²) in [6.07, 6.45) is 1.96.